The van der Waals surface area contributed by atoms with Crippen LogP contribution in [0.25, 0.3) is 0 Å². The van der Waals surface area contributed by atoms with Gasteiger partial charge in [0.2, 0.25) is 0 Å². The molecule has 1 fully saturated rings. The summed E-state index contributed by atoms with van der Waals surface area (Å²) in [6.07, 6.45) is 1.11. The van der Waals surface area contributed by atoms with Crippen molar-refractivity contribution in [3.05, 3.63) is 54.1 Å². The van der Waals surface area contributed by atoms with Gasteiger partial charge in [-0.1, -0.05) is 24.3 Å². The SMILES string of the molecule is COc1ccccc1N1CCN(CCCSc2ccccc2C(=O)N(C)C)CC1.Cl. The number of benzene rings is 2. The van der Waals surface area contributed by atoms with Crippen LogP contribution in [0.4, 0.5) is 5.69 Å². The Kier molecular flexibility index (Phi) is 9.82. The molecule has 1 aliphatic heterocycles. The lowest BCUT2D eigenvalue weighted by Gasteiger charge is -2.36. The monoisotopic (exact) mass is 449 g/mol. The molecule has 0 aromatic heterocycles. The van der Waals surface area contributed by atoms with Crippen LogP contribution in [0.1, 0.15) is 16.8 Å². The largest absolute Gasteiger partial charge is 0.495 e. The van der Waals surface area contributed by atoms with Crippen molar-refractivity contribution in [3.63, 3.8) is 0 Å². The number of carbonyl (C=O) groups is 1. The van der Waals surface area contributed by atoms with Crippen molar-refractivity contribution in [2.45, 2.75) is 11.3 Å². The van der Waals surface area contributed by atoms with Gasteiger partial charge in [-0.05, 0) is 43.0 Å². The van der Waals surface area contributed by atoms with Crippen molar-refractivity contribution in [2.75, 3.05) is 64.6 Å². The van der Waals surface area contributed by atoms with Crippen LogP contribution in [0.2, 0.25) is 0 Å². The summed E-state index contributed by atoms with van der Waals surface area (Å²) in [7, 11) is 5.33. The van der Waals surface area contributed by atoms with Gasteiger partial charge in [0.05, 0.1) is 18.4 Å². The van der Waals surface area contributed by atoms with Crippen LogP contribution in [0.3, 0.4) is 0 Å². The third-order valence-corrected chi connectivity index (χ3v) is 6.36. The van der Waals surface area contributed by atoms with E-state index in [0.29, 0.717) is 0 Å². The lowest BCUT2D eigenvalue weighted by atomic mass is 10.2. The van der Waals surface area contributed by atoms with Gasteiger partial charge >= 0.3 is 0 Å². The number of hydrogen-bond acceptors (Lipinski definition) is 5. The number of hydrogen-bond donors (Lipinski definition) is 0. The summed E-state index contributed by atoms with van der Waals surface area (Å²) in [5.41, 5.74) is 1.99. The molecule has 0 radical (unpaired) electrons. The fourth-order valence-electron chi connectivity index (χ4n) is 3.58. The minimum absolute atomic E-state index is 0. The number of anilines is 1. The van der Waals surface area contributed by atoms with Crippen molar-refractivity contribution < 1.29 is 9.53 Å². The maximum atomic E-state index is 12.3. The summed E-state index contributed by atoms with van der Waals surface area (Å²) < 4.78 is 5.50. The smallest absolute Gasteiger partial charge is 0.254 e. The number of rotatable bonds is 8. The number of carbonyl (C=O) groups excluding carboxylic acids is 1. The van der Waals surface area contributed by atoms with E-state index in [2.05, 4.69) is 21.9 Å². The summed E-state index contributed by atoms with van der Waals surface area (Å²) in [6.45, 7) is 5.27. The van der Waals surface area contributed by atoms with Crippen molar-refractivity contribution in [3.8, 4) is 5.75 Å². The quantitative estimate of drug-likeness (QED) is 0.447. The fourth-order valence-corrected chi connectivity index (χ4v) is 4.56. The van der Waals surface area contributed by atoms with Crippen LogP contribution in [-0.4, -0.2) is 75.4 Å². The number of ether oxygens (including phenoxy) is 1. The van der Waals surface area contributed by atoms with E-state index in [4.69, 9.17) is 4.74 Å². The highest BCUT2D eigenvalue weighted by Gasteiger charge is 2.19. The highest BCUT2D eigenvalue weighted by atomic mass is 35.5. The summed E-state index contributed by atoms with van der Waals surface area (Å²) in [5, 5.41) is 0. The first kappa shape index (κ1) is 24.4. The molecule has 1 amide bonds. The first-order valence-electron chi connectivity index (χ1n) is 10.1. The summed E-state index contributed by atoms with van der Waals surface area (Å²) in [6, 6.07) is 16.2. The van der Waals surface area contributed by atoms with Gasteiger partial charge in [-0.3, -0.25) is 9.69 Å². The number of halogens is 1. The molecule has 0 N–H and O–H groups in total. The van der Waals surface area contributed by atoms with Crippen molar-refractivity contribution in [2.24, 2.45) is 0 Å². The minimum Gasteiger partial charge on any atom is -0.495 e. The van der Waals surface area contributed by atoms with Crippen LogP contribution >= 0.6 is 24.2 Å². The lowest BCUT2D eigenvalue weighted by Crippen LogP contribution is -2.46. The molecule has 30 heavy (non-hydrogen) atoms. The molecule has 5 nitrogen and oxygen atoms in total. The van der Waals surface area contributed by atoms with Gasteiger partial charge in [-0.2, -0.15) is 0 Å². The van der Waals surface area contributed by atoms with E-state index >= 15 is 0 Å². The first-order valence-corrected chi connectivity index (χ1v) is 11.1. The molecular formula is C23H32ClN3O2S. The van der Waals surface area contributed by atoms with Gasteiger partial charge < -0.3 is 14.5 Å². The molecule has 0 bridgehead atoms. The number of nitrogens with zero attached hydrogens (tertiary/aromatic N) is 3. The Morgan fingerprint density at radius 2 is 1.70 bits per heavy atom. The summed E-state index contributed by atoms with van der Waals surface area (Å²) in [4.78, 5) is 20.0. The zero-order valence-corrected chi connectivity index (χ0v) is 19.7. The van der Waals surface area contributed by atoms with Crippen LogP contribution in [-0.2, 0) is 0 Å². The molecule has 1 aliphatic rings. The normalized spacial score (nSPS) is 14.2. The number of thioether (sulfide) groups is 1. The molecule has 0 unspecified atom stereocenters. The Morgan fingerprint density at radius 1 is 1.03 bits per heavy atom. The Hall–Kier alpha value is -1.89. The topological polar surface area (TPSA) is 36.0 Å². The van der Waals surface area contributed by atoms with E-state index in [-0.39, 0.29) is 18.3 Å². The number of para-hydroxylation sites is 2. The molecule has 0 saturated carbocycles. The number of piperazine rings is 1. The van der Waals surface area contributed by atoms with E-state index in [1.807, 2.05) is 36.4 Å². The molecular weight excluding hydrogens is 418 g/mol. The molecule has 1 saturated heterocycles. The Balaban J connectivity index is 0.00000320. The zero-order chi connectivity index (χ0) is 20.6. The van der Waals surface area contributed by atoms with Gasteiger partial charge in [-0.25, -0.2) is 0 Å². The zero-order valence-electron chi connectivity index (χ0n) is 18.0. The van der Waals surface area contributed by atoms with Crippen molar-refractivity contribution in [1.82, 2.24) is 9.80 Å². The van der Waals surface area contributed by atoms with E-state index in [1.165, 1.54) is 5.69 Å². The molecule has 7 heteroatoms. The van der Waals surface area contributed by atoms with Crippen molar-refractivity contribution in [1.29, 1.82) is 0 Å². The molecule has 3 rings (SSSR count). The van der Waals surface area contributed by atoms with E-state index in [9.17, 15) is 4.79 Å². The predicted molar refractivity (Wildman–Crippen MR) is 129 cm³/mol. The fraction of sp³-hybridized carbons (Fsp3) is 0.435. The van der Waals surface area contributed by atoms with Gasteiger partial charge in [-0.15, -0.1) is 24.2 Å². The lowest BCUT2D eigenvalue weighted by molar-refractivity contribution is 0.0824. The van der Waals surface area contributed by atoms with E-state index in [0.717, 1.165) is 61.1 Å². The molecule has 164 valence electrons. The maximum Gasteiger partial charge on any atom is 0.254 e. The second-order valence-electron chi connectivity index (χ2n) is 7.40. The summed E-state index contributed by atoms with van der Waals surface area (Å²) >= 11 is 1.78. The minimum atomic E-state index is 0. The van der Waals surface area contributed by atoms with Crippen molar-refractivity contribution >= 4 is 35.8 Å². The maximum absolute atomic E-state index is 12.3. The Bertz CT molecular complexity index is 811. The predicted octanol–water partition coefficient (Wildman–Crippen LogP) is 4.12. The number of methoxy groups -OCH3 is 1. The number of amides is 1. The standard InChI is InChI=1S/C23H31N3O2S.ClH/c1-24(2)23(27)19-9-4-7-12-22(19)29-18-8-13-25-14-16-26(17-15-25)20-10-5-6-11-21(20)28-3;/h4-7,9-12H,8,13-18H2,1-3H3;1H. The Labute approximate surface area is 190 Å². The Morgan fingerprint density at radius 3 is 2.40 bits per heavy atom. The molecule has 1 heterocycles. The van der Waals surface area contributed by atoms with Gasteiger partial charge in [0.1, 0.15) is 5.75 Å². The van der Waals surface area contributed by atoms with Crippen LogP contribution < -0.4 is 9.64 Å². The summed E-state index contributed by atoms with van der Waals surface area (Å²) in [5.74, 6) is 2.04. The third kappa shape index (κ3) is 6.30. The molecule has 0 atom stereocenters. The highest BCUT2D eigenvalue weighted by Crippen LogP contribution is 2.28. The first-order chi connectivity index (χ1) is 14.1. The van der Waals surface area contributed by atoms with Crippen LogP contribution in [0, 0.1) is 0 Å². The van der Waals surface area contributed by atoms with Gasteiger partial charge in [0.15, 0.2) is 0 Å². The second kappa shape index (κ2) is 12.1. The molecule has 2 aromatic carbocycles. The van der Waals surface area contributed by atoms with Crippen LogP contribution in [0.5, 0.6) is 5.75 Å². The molecule has 2 aromatic rings. The third-order valence-electron chi connectivity index (χ3n) is 5.20. The second-order valence-corrected chi connectivity index (χ2v) is 8.54. The molecule has 0 aliphatic carbocycles. The average molecular weight is 450 g/mol. The van der Waals surface area contributed by atoms with E-state index < -0.39 is 0 Å². The van der Waals surface area contributed by atoms with Gasteiger partial charge in [0, 0.05) is 45.2 Å². The molecule has 0 spiro atoms. The van der Waals surface area contributed by atoms with E-state index in [1.54, 1.807) is 37.9 Å². The van der Waals surface area contributed by atoms with Crippen LogP contribution in [0.15, 0.2) is 53.4 Å². The highest BCUT2D eigenvalue weighted by molar-refractivity contribution is 7.99. The van der Waals surface area contributed by atoms with Gasteiger partial charge in [0.25, 0.3) is 5.91 Å². The average Bonchev–Trinajstić information content (AvgIpc) is 2.77.